The van der Waals surface area contributed by atoms with Gasteiger partial charge in [0.2, 0.25) is 0 Å². The fraction of sp³-hybridized carbons (Fsp3) is 1.00. The zero-order chi connectivity index (χ0) is 11.4. The molecule has 1 nitrogen and oxygen atoms in total. The smallest absolute Gasteiger partial charge is 0.0158 e. The summed E-state index contributed by atoms with van der Waals surface area (Å²) in [5.74, 6) is 0.781. The van der Waals surface area contributed by atoms with E-state index in [0.29, 0.717) is 11.6 Å². The van der Waals surface area contributed by atoms with Gasteiger partial charge in [-0.2, -0.15) is 0 Å². The second-order valence-corrected chi connectivity index (χ2v) is 5.70. The molecule has 0 rings (SSSR count). The molecular weight excluding hydrogens is 170 g/mol. The summed E-state index contributed by atoms with van der Waals surface area (Å²) >= 11 is 0. The van der Waals surface area contributed by atoms with Gasteiger partial charge in [-0.25, -0.2) is 0 Å². The van der Waals surface area contributed by atoms with Crippen molar-refractivity contribution >= 4 is 0 Å². The van der Waals surface area contributed by atoms with Crippen molar-refractivity contribution in [2.75, 3.05) is 6.54 Å². The van der Waals surface area contributed by atoms with Crippen molar-refractivity contribution < 1.29 is 0 Å². The maximum atomic E-state index is 2.63. The summed E-state index contributed by atoms with van der Waals surface area (Å²) in [5.41, 5.74) is 0.346. The predicted molar refractivity (Wildman–Crippen MR) is 65.7 cm³/mol. The third-order valence-corrected chi connectivity index (χ3v) is 2.77. The molecule has 0 fully saturated rings. The molecule has 0 aromatic heterocycles. The van der Waals surface area contributed by atoms with Crippen LogP contribution in [-0.2, 0) is 0 Å². The van der Waals surface area contributed by atoms with Gasteiger partial charge in [-0.1, -0.05) is 20.8 Å². The van der Waals surface area contributed by atoms with Crippen LogP contribution in [0.25, 0.3) is 0 Å². The van der Waals surface area contributed by atoms with Crippen molar-refractivity contribution in [2.45, 2.75) is 72.9 Å². The molecule has 1 heteroatoms. The topological polar surface area (TPSA) is 3.24 Å². The Hall–Kier alpha value is -0.0400. The van der Waals surface area contributed by atoms with Crippen LogP contribution in [0.2, 0.25) is 0 Å². The highest BCUT2D eigenvalue weighted by atomic mass is 15.2. The van der Waals surface area contributed by atoms with E-state index in [4.69, 9.17) is 0 Å². The summed E-state index contributed by atoms with van der Waals surface area (Å²) in [6.07, 6.45) is 2.53. The largest absolute Gasteiger partial charge is 0.296 e. The Labute approximate surface area is 90.9 Å². The molecule has 0 aromatic carbocycles. The molecule has 0 radical (unpaired) electrons. The molecule has 14 heavy (non-hydrogen) atoms. The van der Waals surface area contributed by atoms with Crippen LogP contribution in [0.15, 0.2) is 0 Å². The van der Waals surface area contributed by atoms with Crippen LogP contribution in [-0.4, -0.2) is 23.0 Å². The SMILES string of the molecule is CCCN(C(C)C)C(C)(C)CC(C)C. The fourth-order valence-electron chi connectivity index (χ4n) is 2.62. The normalized spacial score (nSPS) is 13.3. The van der Waals surface area contributed by atoms with E-state index in [-0.39, 0.29) is 0 Å². The quantitative estimate of drug-likeness (QED) is 0.626. The zero-order valence-electron chi connectivity index (χ0n) is 11.2. The molecule has 86 valence electrons. The molecule has 0 bridgehead atoms. The maximum Gasteiger partial charge on any atom is 0.0158 e. The third-order valence-electron chi connectivity index (χ3n) is 2.77. The van der Waals surface area contributed by atoms with Crippen molar-refractivity contribution in [1.29, 1.82) is 0 Å². The molecule has 0 unspecified atom stereocenters. The van der Waals surface area contributed by atoms with Crippen molar-refractivity contribution in [3.05, 3.63) is 0 Å². The lowest BCUT2D eigenvalue weighted by Crippen LogP contribution is -2.49. The highest BCUT2D eigenvalue weighted by molar-refractivity contribution is 4.84. The minimum atomic E-state index is 0.346. The first kappa shape index (κ1) is 14.0. The molecule has 0 amide bonds. The van der Waals surface area contributed by atoms with Gasteiger partial charge in [0.05, 0.1) is 0 Å². The summed E-state index contributed by atoms with van der Waals surface area (Å²) in [6, 6.07) is 0.656. The van der Waals surface area contributed by atoms with Gasteiger partial charge >= 0.3 is 0 Å². The van der Waals surface area contributed by atoms with Gasteiger partial charge in [-0.15, -0.1) is 0 Å². The van der Waals surface area contributed by atoms with Crippen molar-refractivity contribution in [3.63, 3.8) is 0 Å². The maximum absolute atomic E-state index is 2.63. The third kappa shape index (κ3) is 4.45. The average molecular weight is 199 g/mol. The Bertz CT molecular complexity index is 147. The second-order valence-electron chi connectivity index (χ2n) is 5.70. The van der Waals surface area contributed by atoms with Gasteiger partial charge in [-0.3, -0.25) is 4.90 Å². The standard InChI is InChI=1S/C13H29N/c1-8-9-14(12(4)5)13(6,7)10-11(2)3/h11-12H,8-10H2,1-7H3. The Morgan fingerprint density at radius 1 is 1.07 bits per heavy atom. The van der Waals surface area contributed by atoms with E-state index in [1.54, 1.807) is 0 Å². The summed E-state index contributed by atoms with van der Waals surface area (Å²) < 4.78 is 0. The highest BCUT2D eigenvalue weighted by Gasteiger charge is 2.28. The first-order chi connectivity index (χ1) is 6.31. The molecule has 0 aliphatic heterocycles. The first-order valence-corrected chi connectivity index (χ1v) is 6.08. The van der Waals surface area contributed by atoms with Gasteiger partial charge in [0.15, 0.2) is 0 Å². The minimum Gasteiger partial charge on any atom is -0.296 e. The van der Waals surface area contributed by atoms with Crippen LogP contribution >= 0.6 is 0 Å². The van der Waals surface area contributed by atoms with Gasteiger partial charge < -0.3 is 0 Å². The zero-order valence-corrected chi connectivity index (χ0v) is 11.2. The van der Waals surface area contributed by atoms with Crippen LogP contribution in [0.1, 0.15) is 61.3 Å². The molecule has 0 atom stereocenters. The predicted octanol–water partition coefficient (Wildman–Crippen LogP) is 3.93. The van der Waals surface area contributed by atoms with Crippen LogP contribution in [0.5, 0.6) is 0 Å². The van der Waals surface area contributed by atoms with Gasteiger partial charge in [0, 0.05) is 11.6 Å². The molecule has 0 N–H and O–H groups in total. The molecule has 0 aliphatic carbocycles. The molecule has 0 heterocycles. The number of nitrogens with zero attached hydrogens (tertiary/aromatic N) is 1. The minimum absolute atomic E-state index is 0.346. The summed E-state index contributed by atoms with van der Waals surface area (Å²) in [6.45, 7) is 17.5. The molecule has 0 aliphatic rings. The Balaban J connectivity index is 4.44. The van der Waals surface area contributed by atoms with Crippen LogP contribution in [0.3, 0.4) is 0 Å². The second kappa shape index (κ2) is 5.75. The van der Waals surface area contributed by atoms with E-state index in [1.165, 1.54) is 19.4 Å². The Morgan fingerprint density at radius 3 is 1.86 bits per heavy atom. The van der Waals surface area contributed by atoms with Crippen LogP contribution in [0.4, 0.5) is 0 Å². The molecular formula is C13H29N. The average Bonchev–Trinajstić information content (AvgIpc) is 1.96. The van der Waals surface area contributed by atoms with Crippen molar-refractivity contribution in [3.8, 4) is 0 Å². The van der Waals surface area contributed by atoms with E-state index in [1.807, 2.05) is 0 Å². The molecule has 0 aromatic rings. The molecule has 0 spiro atoms. The lowest BCUT2D eigenvalue weighted by atomic mass is 9.89. The van der Waals surface area contributed by atoms with Crippen molar-refractivity contribution in [2.24, 2.45) is 5.92 Å². The van der Waals surface area contributed by atoms with E-state index >= 15 is 0 Å². The van der Waals surface area contributed by atoms with Gasteiger partial charge in [0.1, 0.15) is 0 Å². The lowest BCUT2D eigenvalue weighted by Gasteiger charge is -2.42. The van der Waals surface area contributed by atoms with Gasteiger partial charge in [-0.05, 0) is 53.0 Å². The van der Waals surface area contributed by atoms with Crippen molar-refractivity contribution in [1.82, 2.24) is 4.90 Å². The summed E-state index contributed by atoms with van der Waals surface area (Å²) in [7, 11) is 0. The van der Waals surface area contributed by atoms with E-state index in [0.717, 1.165) is 5.92 Å². The number of hydrogen-bond donors (Lipinski definition) is 0. The Kier molecular flexibility index (Phi) is 5.73. The number of hydrogen-bond acceptors (Lipinski definition) is 1. The molecule has 0 saturated heterocycles. The number of rotatable bonds is 6. The van der Waals surface area contributed by atoms with E-state index < -0.39 is 0 Å². The first-order valence-electron chi connectivity index (χ1n) is 6.08. The van der Waals surface area contributed by atoms with Crippen LogP contribution < -0.4 is 0 Å². The van der Waals surface area contributed by atoms with Crippen LogP contribution in [0, 0.1) is 5.92 Å². The summed E-state index contributed by atoms with van der Waals surface area (Å²) in [5, 5.41) is 0. The molecule has 0 saturated carbocycles. The summed E-state index contributed by atoms with van der Waals surface area (Å²) in [4.78, 5) is 2.63. The van der Waals surface area contributed by atoms with Gasteiger partial charge in [0.25, 0.3) is 0 Å². The fourth-order valence-corrected chi connectivity index (χ4v) is 2.62. The van der Waals surface area contributed by atoms with E-state index in [2.05, 4.69) is 53.4 Å². The Morgan fingerprint density at radius 2 is 1.57 bits per heavy atom. The van der Waals surface area contributed by atoms with E-state index in [9.17, 15) is 0 Å². The monoisotopic (exact) mass is 199 g/mol. The highest BCUT2D eigenvalue weighted by Crippen LogP contribution is 2.25. The lowest BCUT2D eigenvalue weighted by molar-refractivity contribution is 0.0665.